The van der Waals surface area contributed by atoms with Crippen molar-refractivity contribution < 1.29 is 9.47 Å². The molecule has 174 valence electrons. The highest BCUT2D eigenvalue weighted by Crippen LogP contribution is 2.50. The van der Waals surface area contributed by atoms with Gasteiger partial charge in [0.2, 0.25) is 5.88 Å². The van der Waals surface area contributed by atoms with E-state index in [9.17, 15) is 0 Å². The van der Waals surface area contributed by atoms with Gasteiger partial charge in [0.15, 0.2) is 11.5 Å². The lowest BCUT2D eigenvalue weighted by atomic mass is 9.81. The zero-order chi connectivity index (χ0) is 24.1. The van der Waals surface area contributed by atoms with E-state index in [0.29, 0.717) is 11.7 Å². The fourth-order valence-electron chi connectivity index (χ4n) is 4.97. The van der Waals surface area contributed by atoms with Gasteiger partial charge < -0.3 is 9.47 Å². The minimum atomic E-state index is -0.109. The van der Waals surface area contributed by atoms with E-state index in [1.807, 2.05) is 36.4 Å². The molecule has 0 N–H and O–H groups in total. The van der Waals surface area contributed by atoms with Crippen LogP contribution in [0.4, 0.5) is 0 Å². The molecule has 1 aliphatic heterocycles. The van der Waals surface area contributed by atoms with E-state index < -0.39 is 0 Å². The van der Waals surface area contributed by atoms with Crippen LogP contribution in [0.2, 0.25) is 0 Å². The maximum atomic E-state index is 6.37. The first-order valence-electron chi connectivity index (χ1n) is 11.9. The Balaban J connectivity index is 1.39. The summed E-state index contributed by atoms with van der Waals surface area (Å²) in [7, 11) is 0. The van der Waals surface area contributed by atoms with E-state index in [-0.39, 0.29) is 12.5 Å². The number of benzene rings is 4. The van der Waals surface area contributed by atoms with E-state index in [2.05, 4.69) is 71.6 Å². The molecule has 0 unspecified atom stereocenters. The van der Waals surface area contributed by atoms with E-state index >= 15 is 0 Å². The monoisotopic (exact) mass is 470 g/mol. The third-order valence-corrected chi connectivity index (χ3v) is 6.67. The van der Waals surface area contributed by atoms with Crippen molar-refractivity contribution in [3.63, 3.8) is 0 Å². The molecule has 4 aromatic carbocycles. The van der Waals surface area contributed by atoms with Gasteiger partial charge in [-0.1, -0.05) is 78.4 Å². The van der Waals surface area contributed by atoms with Crippen molar-refractivity contribution in [2.24, 2.45) is 0 Å². The van der Waals surface area contributed by atoms with Gasteiger partial charge in [-0.25, -0.2) is 14.5 Å². The molecule has 0 aliphatic carbocycles. The predicted molar refractivity (Wildman–Crippen MR) is 138 cm³/mol. The summed E-state index contributed by atoms with van der Waals surface area (Å²) in [5.74, 6) is 2.63. The average Bonchev–Trinajstić information content (AvgIpc) is 3.35. The highest BCUT2D eigenvalue weighted by Gasteiger charge is 2.34. The van der Waals surface area contributed by atoms with Gasteiger partial charge in [0, 0.05) is 11.5 Å². The van der Waals surface area contributed by atoms with Crippen LogP contribution in [-0.4, -0.2) is 19.6 Å². The SMILES string of the molecule is Cc1ccc(OCc2nc3c4c(ncn3n2)Oc2ccc3ccccc3c2[C@H]4c2ccccc2)cc1. The number of nitrogens with zero attached hydrogens (tertiary/aromatic N) is 4. The van der Waals surface area contributed by atoms with Crippen LogP contribution in [0, 0.1) is 6.92 Å². The number of aryl methyl sites for hydroxylation is 1. The lowest BCUT2D eigenvalue weighted by Gasteiger charge is -2.29. The molecule has 6 heteroatoms. The summed E-state index contributed by atoms with van der Waals surface area (Å²) < 4.78 is 14.1. The summed E-state index contributed by atoms with van der Waals surface area (Å²) in [6.45, 7) is 2.31. The molecule has 0 saturated heterocycles. The fraction of sp³-hybridized carbons (Fsp3) is 0.100. The van der Waals surface area contributed by atoms with Crippen molar-refractivity contribution >= 4 is 16.4 Å². The van der Waals surface area contributed by atoms with Gasteiger partial charge in [0.25, 0.3) is 0 Å². The Morgan fingerprint density at radius 2 is 1.67 bits per heavy atom. The van der Waals surface area contributed by atoms with Crippen molar-refractivity contribution in [3.8, 4) is 17.4 Å². The Kier molecular flexibility index (Phi) is 4.70. The van der Waals surface area contributed by atoms with Gasteiger partial charge in [-0.15, -0.1) is 5.10 Å². The molecule has 0 bridgehead atoms. The Morgan fingerprint density at radius 1 is 0.861 bits per heavy atom. The summed E-state index contributed by atoms with van der Waals surface area (Å²) in [5, 5.41) is 6.98. The standard InChI is InChI=1S/C30H22N4O2/c1-19-11-14-22(15-12-19)35-17-25-32-29-28-26(21-8-3-2-4-9-21)27-23-10-6-5-7-20(23)13-16-24(27)36-30(28)31-18-34(29)33-25/h2-16,18,26H,17H2,1H3/t26-/m1/s1. The van der Waals surface area contributed by atoms with E-state index in [0.717, 1.165) is 44.6 Å². The molecule has 0 fully saturated rings. The molecule has 7 rings (SSSR count). The lowest BCUT2D eigenvalue weighted by molar-refractivity contribution is 0.296. The van der Waals surface area contributed by atoms with E-state index in [4.69, 9.17) is 14.5 Å². The third-order valence-electron chi connectivity index (χ3n) is 6.67. The third kappa shape index (κ3) is 3.38. The van der Waals surface area contributed by atoms with Crippen LogP contribution in [0.3, 0.4) is 0 Å². The largest absolute Gasteiger partial charge is 0.486 e. The normalized spacial score (nSPS) is 14.3. The molecule has 0 saturated carbocycles. The quantitative estimate of drug-likeness (QED) is 0.296. The van der Waals surface area contributed by atoms with Crippen LogP contribution in [0.15, 0.2) is 97.3 Å². The van der Waals surface area contributed by atoms with Gasteiger partial charge in [0.1, 0.15) is 24.4 Å². The van der Waals surface area contributed by atoms with Crippen molar-refractivity contribution in [1.82, 2.24) is 19.6 Å². The first kappa shape index (κ1) is 20.6. The number of ether oxygens (including phenoxy) is 2. The van der Waals surface area contributed by atoms with Crippen LogP contribution in [-0.2, 0) is 6.61 Å². The maximum absolute atomic E-state index is 6.37. The number of aromatic nitrogens is 4. The molecule has 6 aromatic rings. The van der Waals surface area contributed by atoms with E-state index in [1.165, 1.54) is 5.56 Å². The molecular formula is C30H22N4O2. The lowest BCUT2D eigenvalue weighted by Crippen LogP contribution is -2.15. The number of rotatable bonds is 4. The minimum Gasteiger partial charge on any atom is -0.486 e. The van der Waals surface area contributed by atoms with Crippen LogP contribution >= 0.6 is 0 Å². The summed E-state index contributed by atoms with van der Waals surface area (Å²) >= 11 is 0. The Morgan fingerprint density at radius 3 is 2.53 bits per heavy atom. The van der Waals surface area contributed by atoms with Gasteiger partial charge in [0.05, 0.1) is 5.56 Å². The maximum Gasteiger partial charge on any atom is 0.228 e. The Labute approximate surface area is 207 Å². The highest BCUT2D eigenvalue weighted by atomic mass is 16.5. The summed E-state index contributed by atoms with van der Waals surface area (Å²) in [5.41, 5.74) is 5.07. The zero-order valence-electron chi connectivity index (χ0n) is 19.6. The molecule has 1 aliphatic rings. The molecular weight excluding hydrogens is 448 g/mol. The average molecular weight is 471 g/mol. The summed E-state index contributed by atoms with van der Waals surface area (Å²) in [6.07, 6.45) is 1.66. The molecule has 0 amide bonds. The molecule has 36 heavy (non-hydrogen) atoms. The summed E-state index contributed by atoms with van der Waals surface area (Å²) in [6, 6.07) is 30.9. The van der Waals surface area contributed by atoms with Crippen molar-refractivity contribution in [2.45, 2.75) is 19.4 Å². The molecule has 0 radical (unpaired) electrons. The number of hydrogen-bond acceptors (Lipinski definition) is 5. The van der Waals surface area contributed by atoms with Gasteiger partial charge in [-0.05, 0) is 41.5 Å². The molecule has 1 atom stereocenters. The molecule has 0 spiro atoms. The molecule has 2 aromatic heterocycles. The Hall–Kier alpha value is -4.71. The van der Waals surface area contributed by atoms with Crippen molar-refractivity contribution in [2.75, 3.05) is 0 Å². The first-order chi connectivity index (χ1) is 17.7. The first-order valence-corrected chi connectivity index (χ1v) is 11.9. The van der Waals surface area contributed by atoms with Crippen LogP contribution in [0.1, 0.15) is 34.0 Å². The van der Waals surface area contributed by atoms with Crippen LogP contribution in [0.5, 0.6) is 17.4 Å². The topological polar surface area (TPSA) is 61.5 Å². The zero-order valence-corrected chi connectivity index (χ0v) is 19.6. The van der Waals surface area contributed by atoms with Gasteiger partial charge >= 0.3 is 0 Å². The Bertz CT molecular complexity index is 1730. The minimum absolute atomic E-state index is 0.109. The molecule has 6 nitrogen and oxygen atoms in total. The second-order valence-corrected chi connectivity index (χ2v) is 9.01. The summed E-state index contributed by atoms with van der Waals surface area (Å²) in [4.78, 5) is 9.54. The molecule has 3 heterocycles. The number of hydrogen-bond donors (Lipinski definition) is 0. The van der Waals surface area contributed by atoms with Crippen LogP contribution in [0.25, 0.3) is 16.4 Å². The van der Waals surface area contributed by atoms with Crippen molar-refractivity contribution in [3.05, 3.63) is 125 Å². The predicted octanol–water partition coefficient (Wildman–Crippen LogP) is 6.45. The van der Waals surface area contributed by atoms with E-state index in [1.54, 1.807) is 10.8 Å². The highest BCUT2D eigenvalue weighted by molar-refractivity contribution is 5.90. The van der Waals surface area contributed by atoms with Gasteiger partial charge in [-0.3, -0.25) is 0 Å². The smallest absolute Gasteiger partial charge is 0.228 e. The van der Waals surface area contributed by atoms with Crippen molar-refractivity contribution in [1.29, 1.82) is 0 Å². The number of fused-ring (bicyclic) bond motifs is 6. The van der Waals surface area contributed by atoms with Gasteiger partial charge in [-0.2, -0.15) is 0 Å². The fourth-order valence-corrected chi connectivity index (χ4v) is 4.97. The second kappa shape index (κ2) is 8.20. The van der Waals surface area contributed by atoms with Crippen LogP contribution < -0.4 is 9.47 Å². The second-order valence-electron chi connectivity index (χ2n) is 9.01.